The van der Waals surface area contributed by atoms with Crippen LogP contribution in [0.2, 0.25) is 0 Å². The van der Waals surface area contributed by atoms with E-state index in [-0.39, 0.29) is 26.4 Å². The normalized spacial score (nSPS) is 8.73. The van der Waals surface area contributed by atoms with Crippen LogP contribution < -0.4 is 0 Å². The molecule has 0 unspecified atom stereocenters. The molecule has 0 spiro atoms. The Morgan fingerprint density at radius 1 is 0.909 bits per heavy atom. The van der Waals surface area contributed by atoms with Crippen LogP contribution >= 0.6 is 0 Å². The fraction of sp³-hybridized carbons (Fsp3) is 1.00. The van der Waals surface area contributed by atoms with Gasteiger partial charge in [0.2, 0.25) is 0 Å². The summed E-state index contributed by atoms with van der Waals surface area (Å²) in [5, 5.41) is 16.2. The van der Waals surface area contributed by atoms with Crippen molar-refractivity contribution < 1.29 is 24.7 Å². The Morgan fingerprint density at radius 2 is 1.18 bits per heavy atom. The van der Waals surface area contributed by atoms with Crippen molar-refractivity contribution in [3.63, 3.8) is 0 Å². The smallest absolute Gasteiger partial charge is 0.105 e. The molecular weight excluding hydrogens is 152 g/mol. The van der Waals surface area contributed by atoms with Crippen LogP contribution in [0.25, 0.3) is 0 Å². The Kier molecular flexibility index (Phi) is 20.0. The maximum absolute atomic E-state index is 8.10. The molecule has 5 heteroatoms. The Bertz CT molecular complexity index is 44.2. The van der Waals surface area contributed by atoms with E-state index in [0.29, 0.717) is 0 Å². The van der Waals surface area contributed by atoms with Gasteiger partial charge in [0.1, 0.15) is 13.2 Å². The summed E-state index contributed by atoms with van der Waals surface area (Å²) in [6.45, 7) is 0.177. The molecule has 0 aromatic heterocycles. The number of hydrogen-bond donors (Lipinski definition) is 2. The third kappa shape index (κ3) is 25.9. The molecule has 0 bridgehead atoms. The van der Waals surface area contributed by atoms with Crippen LogP contribution in [0, 0.1) is 0 Å². The van der Waals surface area contributed by atoms with Gasteiger partial charge in [-0.1, -0.05) is 0 Å². The van der Waals surface area contributed by atoms with Crippen LogP contribution in [0.1, 0.15) is 0 Å². The second-order valence-electron chi connectivity index (χ2n) is 1.50. The minimum Gasteiger partial charge on any atom is -0.394 e. The van der Waals surface area contributed by atoms with Gasteiger partial charge < -0.3 is 14.9 Å². The zero-order valence-corrected chi connectivity index (χ0v) is 6.95. The highest BCUT2D eigenvalue weighted by atomic mass is 17.2. The van der Waals surface area contributed by atoms with E-state index in [9.17, 15) is 0 Å². The standard InChI is InChI=1S/C4H10O4.C2H6O/c5-1-3-7-8-4-2-6;1-3-2/h5-6H,1-4H2;1-2H3. The highest BCUT2D eigenvalue weighted by molar-refractivity contribution is 4.15. The summed E-state index contributed by atoms with van der Waals surface area (Å²) in [6, 6.07) is 0. The number of methoxy groups -OCH3 is 1. The van der Waals surface area contributed by atoms with Gasteiger partial charge in [0, 0.05) is 14.2 Å². The molecule has 0 atom stereocenters. The minimum atomic E-state index is -0.0641. The molecule has 2 N–H and O–H groups in total. The largest absolute Gasteiger partial charge is 0.394 e. The fourth-order valence-corrected chi connectivity index (χ4v) is 0.192. The van der Waals surface area contributed by atoms with Crippen molar-refractivity contribution in [1.29, 1.82) is 0 Å². The van der Waals surface area contributed by atoms with Crippen LogP contribution in [-0.4, -0.2) is 50.9 Å². The highest BCUT2D eigenvalue weighted by Crippen LogP contribution is 1.74. The minimum absolute atomic E-state index is 0.0641. The SMILES string of the molecule is COC.OCCOOCCO. The van der Waals surface area contributed by atoms with E-state index in [2.05, 4.69) is 14.5 Å². The molecule has 0 aliphatic carbocycles. The first-order chi connectivity index (χ1) is 5.33. The van der Waals surface area contributed by atoms with Crippen molar-refractivity contribution in [1.82, 2.24) is 0 Å². The molecule has 11 heavy (non-hydrogen) atoms. The summed E-state index contributed by atoms with van der Waals surface area (Å²) < 4.78 is 4.25. The summed E-state index contributed by atoms with van der Waals surface area (Å²) in [4.78, 5) is 8.63. The first-order valence-electron chi connectivity index (χ1n) is 3.19. The van der Waals surface area contributed by atoms with Crippen LogP contribution in [0.4, 0.5) is 0 Å². The van der Waals surface area contributed by atoms with Gasteiger partial charge in [-0.2, -0.15) is 0 Å². The van der Waals surface area contributed by atoms with Crippen molar-refractivity contribution in [2.24, 2.45) is 0 Å². The molecule has 0 aliphatic heterocycles. The number of aliphatic hydroxyl groups is 2. The molecule has 0 saturated heterocycles. The average Bonchev–Trinajstić information content (AvgIpc) is 2.00. The lowest BCUT2D eigenvalue weighted by Crippen LogP contribution is -2.03. The lowest BCUT2D eigenvalue weighted by Gasteiger charge is -1.97. The van der Waals surface area contributed by atoms with E-state index < -0.39 is 0 Å². The lowest BCUT2D eigenvalue weighted by atomic mass is 10.8. The summed E-state index contributed by atoms with van der Waals surface area (Å²) in [5.74, 6) is 0. The Hall–Kier alpha value is -0.200. The van der Waals surface area contributed by atoms with Gasteiger partial charge >= 0.3 is 0 Å². The maximum Gasteiger partial charge on any atom is 0.105 e. The molecule has 0 saturated carbocycles. The lowest BCUT2D eigenvalue weighted by molar-refractivity contribution is -0.300. The van der Waals surface area contributed by atoms with Crippen molar-refractivity contribution >= 4 is 0 Å². The average molecular weight is 168 g/mol. The Morgan fingerprint density at radius 3 is 1.36 bits per heavy atom. The van der Waals surface area contributed by atoms with Gasteiger partial charge in [-0.15, -0.1) is 0 Å². The fourth-order valence-electron chi connectivity index (χ4n) is 0.192. The maximum atomic E-state index is 8.10. The molecule has 0 aromatic rings. The summed E-state index contributed by atoms with van der Waals surface area (Å²) in [7, 11) is 3.25. The third-order valence-electron chi connectivity index (χ3n) is 0.433. The van der Waals surface area contributed by atoms with E-state index in [1.165, 1.54) is 0 Å². The summed E-state index contributed by atoms with van der Waals surface area (Å²) in [5.41, 5.74) is 0. The highest BCUT2D eigenvalue weighted by Gasteiger charge is 1.83. The summed E-state index contributed by atoms with van der Waals surface area (Å²) >= 11 is 0. The topological polar surface area (TPSA) is 68.2 Å². The molecular formula is C6H16O5. The second kappa shape index (κ2) is 16.4. The Labute approximate surface area is 66.4 Å². The zero-order valence-electron chi connectivity index (χ0n) is 6.95. The van der Waals surface area contributed by atoms with Gasteiger partial charge in [-0.25, -0.2) is 9.78 Å². The first kappa shape index (κ1) is 13.4. The molecule has 0 heterocycles. The number of ether oxygens (including phenoxy) is 1. The molecule has 0 radical (unpaired) electrons. The van der Waals surface area contributed by atoms with Crippen LogP contribution in [-0.2, 0) is 14.5 Å². The van der Waals surface area contributed by atoms with E-state index in [1.807, 2.05) is 0 Å². The monoisotopic (exact) mass is 168 g/mol. The molecule has 0 amide bonds. The molecule has 70 valence electrons. The van der Waals surface area contributed by atoms with Gasteiger partial charge in [0.05, 0.1) is 13.2 Å². The molecule has 0 rings (SSSR count). The van der Waals surface area contributed by atoms with Gasteiger partial charge in [0.15, 0.2) is 0 Å². The second-order valence-corrected chi connectivity index (χ2v) is 1.50. The predicted octanol–water partition coefficient (Wildman–Crippen LogP) is -0.818. The van der Waals surface area contributed by atoms with Gasteiger partial charge in [0.25, 0.3) is 0 Å². The van der Waals surface area contributed by atoms with Gasteiger partial charge in [-0.3, -0.25) is 0 Å². The summed E-state index contributed by atoms with van der Waals surface area (Å²) in [6.07, 6.45) is 0. The number of aliphatic hydroxyl groups excluding tert-OH is 2. The quantitative estimate of drug-likeness (QED) is 0.319. The van der Waals surface area contributed by atoms with E-state index in [4.69, 9.17) is 10.2 Å². The third-order valence-corrected chi connectivity index (χ3v) is 0.433. The van der Waals surface area contributed by atoms with Crippen molar-refractivity contribution in [2.45, 2.75) is 0 Å². The first-order valence-corrected chi connectivity index (χ1v) is 3.19. The number of hydrogen-bond acceptors (Lipinski definition) is 5. The van der Waals surface area contributed by atoms with Crippen LogP contribution in [0.15, 0.2) is 0 Å². The molecule has 0 aliphatic rings. The molecule has 5 nitrogen and oxygen atoms in total. The van der Waals surface area contributed by atoms with Crippen LogP contribution in [0.3, 0.4) is 0 Å². The zero-order chi connectivity index (χ0) is 8.95. The van der Waals surface area contributed by atoms with Crippen molar-refractivity contribution in [3.05, 3.63) is 0 Å². The van der Waals surface area contributed by atoms with Gasteiger partial charge in [-0.05, 0) is 0 Å². The molecule has 0 aromatic carbocycles. The predicted molar refractivity (Wildman–Crippen MR) is 39.0 cm³/mol. The van der Waals surface area contributed by atoms with E-state index in [1.54, 1.807) is 14.2 Å². The molecule has 0 fully saturated rings. The van der Waals surface area contributed by atoms with E-state index >= 15 is 0 Å². The van der Waals surface area contributed by atoms with Crippen LogP contribution in [0.5, 0.6) is 0 Å². The Balaban J connectivity index is 0. The number of rotatable bonds is 5. The van der Waals surface area contributed by atoms with Crippen molar-refractivity contribution in [3.8, 4) is 0 Å². The van der Waals surface area contributed by atoms with Crippen molar-refractivity contribution in [2.75, 3.05) is 40.6 Å². The van der Waals surface area contributed by atoms with E-state index in [0.717, 1.165) is 0 Å².